The van der Waals surface area contributed by atoms with Crippen LogP contribution in [-0.4, -0.2) is 18.3 Å². The number of hydrogen-bond acceptors (Lipinski definition) is 4. The Kier molecular flexibility index (Phi) is 6.28. The van der Waals surface area contributed by atoms with Gasteiger partial charge in [0.15, 0.2) is 0 Å². The van der Waals surface area contributed by atoms with E-state index in [0.29, 0.717) is 24.4 Å². The van der Waals surface area contributed by atoms with E-state index < -0.39 is 5.41 Å². The average Bonchev–Trinajstić information content (AvgIpc) is 3.41. The first-order valence-corrected chi connectivity index (χ1v) is 16.9. The second kappa shape index (κ2) is 9.21. The van der Waals surface area contributed by atoms with E-state index in [2.05, 4.69) is 78.0 Å². The van der Waals surface area contributed by atoms with E-state index in [1.54, 1.807) is 5.57 Å². The number of oxime groups is 1. The first kappa shape index (κ1) is 28.7. The largest absolute Gasteiger partial charge is 0.460 e. The molecule has 1 aliphatic heterocycles. The zero-order valence-electron chi connectivity index (χ0n) is 27.2. The molecule has 5 aliphatic carbocycles. The Balaban J connectivity index is 1.25. The van der Waals surface area contributed by atoms with E-state index in [4.69, 9.17) is 9.57 Å². The molecular weight excluding hydrogens is 518 g/mol. The fourth-order valence-corrected chi connectivity index (χ4v) is 12.2. The summed E-state index contributed by atoms with van der Waals surface area (Å²) >= 11 is 0. The smallest absolute Gasteiger partial charge is 0.313 e. The van der Waals surface area contributed by atoms with Crippen molar-refractivity contribution < 1.29 is 14.4 Å². The molecule has 1 heterocycles. The van der Waals surface area contributed by atoms with E-state index in [1.807, 2.05) is 18.2 Å². The monoisotopic (exact) mass is 571 g/mol. The number of esters is 1. The molecule has 1 aromatic carbocycles. The summed E-state index contributed by atoms with van der Waals surface area (Å²) in [4.78, 5) is 20.2. The Hall–Kier alpha value is -2.10. The van der Waals surface area contributed by atoms with Crippen molar-refractivity contribution in [3.05, 3.63) is 47.5 Å². The summed E-state index contributed by atoms with van der Waals surface area (Å²) in [6, 6.07) is 10.2. The highest BCUT2D eigenvalue weighted by Gasteiger charge is 2.70. The molecule has 7 rings (SSSR count). The molecule has 4 heteroatoms. The van der Waals surface area contributed by atoms with E-state index in [-0.39, 0.29) is 45.1 Å². The Morgan fingerprint density at radius 1 is 0.929 bits per heavy atom. The van der Waals surface area contributed by atoms with E-state index in [9.17, 15) is 4.79 Å². The lowest BCUT2D eigenvalue weighted by Gasteiger charge is -2.71. The molecule has 42 heavy (non-hydrogen) atoms. The number of hydrogen-bond donors (Lipinski definition) is 0. The molecule has 9 atom stereocenters. The van der Waals surface area contributed by atoms with Gasteiger partial charge < -0.3 is 9.57 Å². The summed E-state index contributed by atoms with van der Waals surface area (Å²) in [6.07, 6.45) is 15.0. The second-order valence-corrected chi connectivity index (χ2v) is 17.4. The van der Waals surface area contributed by atoms with Crippen molar-refractivity contribution in [2.24, 2.45) is 61.3 Å². The van der Waals surface area contributed by atoms with Gasteiger partial charge in [0.25, 0.3) is 0 Å². The van der Waals surface area contributed by atoms with Gasteiger partial charge in [0.2, 0.25) is 0 Å². The lowest BCUT2D eigenvalue weighted by atomic mass is 9.33. The van der Waals surface area contributed by atoms with Crippen LogP contribution in [0.5, 0.6) is 0 Å². The molecule has 4 saturated carbocycles. The third kappa shape index (κ3) is 3.78. The number of nitrogens with zero attached hydrogens (tertiary/aromatic N) is 1. The molecule has 0 saturated heterocycles. The Bertz CT molecular complexity index is 1310. The van der Waals surface area contributed by atoms with Gasteiger partial charge in [-0.15, -0.1) is 0 Å². The normalized spacial score (nSPS) is 46.1. The number of ether oxygens (including phenoxy) is 1. The van der Waals surface area contributed by atoms with Crippen LogP contribution in [0.1, 0.15) is 112 Å². The van der Waals surface area contributed by atoms with Crippen molar-refractivity contribution in [2.75, 3.05) is 0 Å². The van der Waals surface area contributed by atoms with Crippen molar-refractivity contribution in [2.45, 2.75) is 119 Å². The van der Waals surface area contributed by atoms with Gasteiger partial charge in [-0.25, -0.2) is 0 Å². The topological polar surface area (TPSA) is 47.9 Å². The van der Waals surface area contributed by atoms with Crippen molar-refractivity contribution in [1.82, 2.24) is 0 Å². The predicted molar refractivity (Wildman–Crippen MR) is 168 cm³/mol. The van der Waals surface area contributed by atoms with Gasteiger partial charge in [0.1, 0.15) is 12.7 Å². The first-order valence-electron chi connectivity index (χ1n) is 16.9. The molecule has 0 spiro atoms. The Morgan fingerprint density at radius 3 is 2.43 bits per heavy atom. The van der Waals surface area contributed by atoms with Gasteiger partial charge in [0.05, 0.1) is 11.6 Å². The first-order chi connectivity index (χ1) is 19.8. The maximum absolute atomic E-state index is 14.2. The van der Waals surface area contributed by atoms with Crippen molar-refractivity contribution in [3.8, 4) is 0 Å². The van der Waals surface area contributed by atoms with Gasteiger partial charge in [-0.05, 0) is 103 Å². The number of carbonyl (C=O) groups is 1. The molecule has 6 aliphatic rings. The minimum absolute atomic E-state index is 0.0540. The van der Waals surface area contributed by atoms with Crippen molar-refractivity contribution in [1.29, 1.82) is 0 Å². The summed E-state index contributed by atoms with van der Waals surface area (Å²) in [7, 11) is 0. The van der Waals surface area contributed by atoms with Gasteiger partial charge in [-0.1, -0.05) is 95.6 Å². The predicted octanol–water partition coefficient (Wildman–Crippen LogP) is 9.14. The third-order valence-corrected chi connectivity index (χ3v) is 14.6. The minimum atomic E-state index is -0.391. The lowest BCUT2D eigenvalue weighted by molar-refractivity contribution is -0.216. The van der Waals surface area contributed by atoms with Crippen molar-refractivity contribution >= 4 is 12.2 Å². The van der Waals surface area contributed by atoms with Crippen LogP contribution in [0.25, 0.3) is 0 Å². The molecule has 0 aromatic heterocycles. The summed E-state index contributed by atoms with van der Waals surface area (Å²) in [5, 5.41) is 4.35. The Morgan fingerprint density at radius 2 is 1.67 bits per heavy atom. The fraction of sp³-hybridized carbons (Fsp3) is 0.737. The van der Waals surface area contributed by atoms with E-state index in [0.717, 1.165) is 44.1 Å². The number of benzene rings is 1. The summed E-state index contributed by atoms with van der Waals surface area (Å²) < 4.78 is 6.20. The summed E-state index contributed by atoms with van der Waals surface area (Å²) in [6.45, 7) is 18.0. The molecule has 228 valence electrons. The van der Waals surface area contributed by atoms with Crippen LogP contribution in [0.3, 0.4) is 0 Å². The van der Waals surface area contributed by atoms with Crippen LogP contribution in [0.15, 0.2) is 47.1 Å². The highest BCUT2D eigenvalue weighted by Crippen LogP contribution is 2.76. The van der Waals surface area contributed by atoms with Crippen molar-refractivity contribution in [3.63, 3.8) is 0 Å². The van der Waals surface area contributed by atoms with Gasteiger partial charge in [0, 0.05) is 11.3 Å². The molecule has 0 bridgehead atoms. The highest BCUT2D eigenvalue weighted by molar-refractivity contribution is 5.79. The zero-order chi connectivity index (χ0) is 29.8. The molecule has 0 radical (unpaired) electrons. The maximum Gasteiger partial charge on any atom is 0.313 e. The van der Waals surface area contributed by atoms with E-state index >= 15 is 0 Å². The average molecular weight is 572 g/mol. The molecular formula is C38H53NO3. The van der Waals surface area contributed by atoms with Gasteiger partial charge in [-0.2, -0.15) is 0 Å². The fourth-order valence-electron chi connectivity index (χ4n) is 12.2. The molecule has 0 N–H and O–H groups in total. The number of allylic oxidation sites excluding steroid dienone is 2. The van der Waals surface area contributed by atoms with Crippen LogP contribution < -0.4 is 0 Å². The molecule has 0 amide bonds. The van der Waals surface area contributed by atoms with Crippen LogP contribution in [0, 0.1) is 56.2 Å². The van der Waals surface area contributed by atoms with Crippen LogP contribution in [-0.2, 0) is 21.0 Å². The zero-order valence-corrected chi connectivity index (χ0v) is 27.2. The number of fused-ring (bicyclic) bond motifs is 8. The number of carbonyl (C=O) groups excluding carboxylic acids is 1. The molecule has 4 nitrogen and oxygen atoms in total. The quantitative estimate of drug-likeness (QED) is 0.268. The number of rotatable bonds is 3. The van der Waals surface area contributed by atoms with Crippen LogP contribution >= 0.6 is 0 Å². The summed E-state index contributed by atoms with van der Waals surface area (Å²) in [5.74, 6) is 2.00. The maximum atomic E-state index is 14.2. The minimum Gasteiger partial charge on any atom is -0.460 e. The van der Waals surface area contributed by atoms with E-state index in [1.165, 1.54) is 19.3 Å². The van der Waals surface area contributed by atoms with Gasteiger partial charge in [-0.3, -0.25) is 4.79 Å². The third-order valence-electron chi connectivity index (χ3n) is 14.6. The molecule has 2 unspecified atom stereocenters. The second-order valence-electron chi connectivity index (χ2n) is 17.4. The highest BCUT2D eigenvalue weighted by atomic mass is 16.6. The standard InChI is InChI=1S/C38H53NO3/c1-33(2)17-19-38(32(40)41-24-25-11-9-8-10-12-25)20-18-36(6)27(28(38)22-33)13-14-30-35(5)21-26-23-39-42-31(26)34(3,4)29(35)15-16-37(30,36)7/h8-13,23,26,28-31H,14-22,24H2,1-7H3/t26?,28-,29-,30+,31?,35-,36+,37+,38-/m0/s1. The lowest BCUT2D eigenvalue weighted by Crippen LogP contribution is -2.66. The Labute approximate surface area is 254 Å². The van der Waals surface area contributed by atoms with Crippen LogP contribution in [0.2, 0.25) is 0 Å². The van der Waals surface area contributed by atoms with Crippen LogP contribution in [0.4, 0.5) is 0 Å². The molecule has 4 fully saturated rings. The summed E-state index contributed by atoms with van der Waals surface area (Å²) in [5.41, 5.74) is 3.20. The SMILES string of the molecule is CC1(C)CC[C@]2(C(=O)OCc3ccccc3)CC[C@]3(C)C(=CC[C@@H]4[C@@]5(C)CC6C=NOC6C(C)(C)[C@@H]5CC[C@]43C)[C@@H]2C1. The van der Waals surface area contributed by atoms with Gasteiger partial charge >= 0.3 is 5.97 Å². The molecule has 1 aromatic rings.